The molecule has 0 saturated carbocycles. The average Bonchev–Trinajstić information content (AvgIpc) is 2.42. The first kappa shape index (κ1) is 15.3. The minimum atomic E-state index is -0.994. The second-order valence-electron chi connectivity index (χ2n) is 5.33. The maximum atomic E-state index is 12.2. The molecule has 0 radical (unpaired) electrons. The van der Waals surface area contributed by atoms with Crippen molar-refractivity contribution in [3.05, 3.63) is 28.8 Å². The molecule has 2 N–H and O–H groups in total. The molecule has 2 rings (SSSR count). The van der Waals surface area contributed by atoms with Gasteiger partial charge in [0.15, 0.2) is 0 Å². The third-order valence-corrected chi connectivity index (χ3v) is 3.68. The van der Waals surface area contributed by atoms with Crippen molar-refractivity contribution in [2.24, 2.45) is 0 Å². The number of benzene rings is 1. The van der Waals surface area contributed by atoms with E-state index in [0.717, 1.165) is 5.56 Å². The van der Waals surface area contributed by atoms with Crippen LogP contribution >= 0.6 is 0 Å². The fraction of sp³-hybridized carbons (Fsp3) is 0.467. The van der Waals surface area contributed by atoms with Crippen LogP contribution in [0.4, 0.5) is 10.5 Å². The normalized spacial score (nSPS) is 18.4. The van der Waals surface area contributed by atoms with Gasteiger partial charge < -0.3 is 20.1 Å². The maximum absolute atomic E-state index is 12.2. The van der Waals surface area contributed by atoms with E-state index in [1.165, 1.54) is 6.07 Å². The molecule has 0 bridgehead atoms. The van der Waals surface area contributed by atoms with Crippen LogP contribution in [0.5, 0.6) is 0 Å². The van der Waals surface area contributed by atoms with Gasteiger partial charge in [0.2, 0.25) is 0 Å². The third-order valence-electron chi connectivity index (χ3n) is 3.68. The number of urea groups is 1. The molecule has 1 aliphatic heterocycles. The van der Waals surface area contributed by atoms with Gasteiger partial charge in [0.05, 0.1) is 18.3 Å². The molecule has 6 nitrogen and oxygen atoms in total. The highest BCUT2D eigenvalue weighted by molar-refractivity contribution is 5.94. The molecule has 114 valence electrons. The number of carboxylic acid groups (broad SMARTS) is 1. The molecule has 1 unspecified atom stereocenters. The Labute approximate surface area is 123 Å². The second kappa shape index (κ2) is 6.13. The Morgan fingerprint density at radius 3 is 2.71 bits per heavy atom. The Bertz CT molecular complexity index is 571. The zero-order chi connectivity index (χ0) is 15.6. The Balaban J connectivity index is 2.15. The first-order valence-corrected chi connectivity index (χ1v) is 6.90. The van der Waals surface area contributed by atoms with Crippen LogP contribution in [0.1, 0.15) is 28.4 Å². The number of aromatic carboxylic acids is 1. The number of ether oxygens (including phenoxy) is 1. The van der Waals surface area contributed by atoms with E-state index in [2.05, 4.69) is 5.32 Å². The molecule has 0 aliphatic carbocycles. The van der Waals surface area contributed by atoms with Crippen LogP contribution in [-0.2, 0) is 4.74 Å². The molecule has 1 fully saturated rings. The van der Waals surface area contributed by atoms with Crippen molar-refractivity contribution in [2.45, 2.75) is 26.9 Å². The molecular formula is C15H20N2O4. The quantitative estimate of drug-likeness (QED) is 0.876. The smallest absolute Gasteiger partial charge is 0.336 e. The molecule has 1 aliphatic rings. The predicted molar refractivity (Wildman–Crippen MR) is 78.9 cm³/mol. The minimum absolute atomic E-state index is 0.0128. The van der Waals surface area contributed by atoms with Crippen molar-refractivity contribution in [1.29, 1.82) is 0 Å². The Hall–Kier alpha value is -2.08. The topological polar surface area (TPSA) is 78.9 Å². The largest absolute Gasteiger partial charge is 0.478 e. The lowest BCUT2D eigenvalue weighted by Gasteiger charge is -2.31. The van der Waals surface area contributed by atoms with Crippen molar-refractivity contribution < 1.29 is 19.4 Å². The minimum Gasteiger partial charge on any atom is -0.478 e. The summed E-state index contributed by atoms with van der Waals surface area (Å²) < 4.78 is 5.39. The van der Waals surface area contributed by atoms with Crippen LogP contribution in [-0.4, -0.2) is 47.8 Å². The summed E-state index contributed by atoms with van der Waals surface area (Å²) in [5.41, 5.74) is 2.25. The molecule has 1 aromatic carbocycles. The van der Waals surface area contributed by atoms with E-state index < -0.39 is 5.97 Å². The van der Waals surface area contributed by atoms with Gasteiger partial charge >= 0.3 is 12.0 Å². The fourth-order valence-electron chi connectivity index (χ4n) is 2.36. The summed E-state index contributed by atoms with van der Waals surface area (Å²) in [6, 6.07) is 3.04. The molecule has 2 amide bonds. The standard InChI is InChI=1S/C15H20N2O4/c1-9-6-12(7-13(11(9)3)14(18)19)16-15(20)17-4-5-21-10(2)8-17/h6-7,10H,4-5,8H2,1-3H3,(H,16,20)(H,18,19). The number of nitrogens with one attached hydrogen (secondary N) is 1. The lowest BCUT2D eigenvalue weighted by atomic mass is 10.0. The molecule has 1 heterocycles. The van der Waals surface area contributed by atoms with Gasteiger partial charge in [-0.1, -0.05) is 0 Å². The van der Waals surface area contributed by atoms with Crippen LogP contribution in [0.25, 0.3) is 0 Å². The number of hydrogen-bond donors (Lipinski definition) is 2. The van der Waals surface area contributed by atoms with E-state index in [-0.39, 0.29) is 17.7 Å². The van der Waals surface area contributed by atoms with Crippen molar-refractivity contribution in [1.82, 2.24) is 4.90 Å². The number of anilines is 1. The molecule has 1 saturated heterocycles. The second-order valence-corrected chi connectivity index (χ2v) is 5.33. The van der Waals surface area contributed by atoms with Gasteiger partial charge in [-0.2, -0.15) is 0 Å². The third kappa shape index (κ3) is 3.52. The summed E-state index contributed by atoms with van der Waals surface area (Å²) in [4.78, 5) is 25.1. The number of nitrogens with zero attached hydrogens (tertiary/aromatic N) is 1. The summed E-state index contributed by atoms with van der Waals surface area (Å²) >= 11 is 0. The number of carbonyl (C=O) groups excluding carboxylic acids is 1. The van der Waals surface area contributed by atoms with Gasteiger partial charge in [0.25, 0.3) is 0 Å². The lowest BCUT2D eigenvalue weighted by Crippen LogP contribution is -2.46. The van der Waals surface area contributed by atoms with Crippen LogP contribution in [0.2, 0.25) is 0 Å². The molecule has 0 aromatic heterocycles. The fourth-order valence-corrected chi connectivity index (χ4v) is 2.36. The van der Waals surface area contributed by atoms with Gasteiger partial charge in [-0.25, -0.2) is 9.59 Å². The first-order chi connectivity index (χ1) is 9.88. The van der Waals surface area contributed by atoms with E-state index >= 15 is 0 Å². The zero-order valence-electron chi connectivity index (χ0n) is 12.5. The first-order valence-electron chi connectivity index (χ1n) is 6.90. The van der Waals surface area contributed by atoms with Crippen molar-refractivity contribution in [3.8, 4) is 0 Å². The number of aryl methyl sites for hydroxylation is 1. The summed E-state index contributed by atoms with van der Waals surface area (Å²) in [6.45, 7) is 7.08. The number of carboxylic acids is 1. The molecule has 6 heteroatoms. The van der Waals surface area contributed by atoms with E-state index in [0.29, 0.717) is 30.9 Å². The number of carbonyl (C=O) groups is 2. The van der Waals surface area contributed by atoms with Gasteiger partial charge in [-0.3, -0.25) is 0 Å². The number of hydrogen-bond acceptors (Lipinski definition) is 3. The Morgan fingerprint density at radius 1 is 1.38 bits per heavy atom. The van der Waals surface area contributed by atoms with E-state index in [1.54, 1.807) is 17.9 Å². The number of amides is 2. The SMILES string of the molecule is Cc1cc(NC(=O)N2CCOC(C)C2)cc(C(=O)O)c1C. The highest BCUT2D eigenvalue weighted by Crippen LogP contribution is 2.20. The summed E-state index contributed by atoms with van der Waals surface area (Å²) in [5, 5.41) is 12.0. The van der Waals surface area contributed by atoms with Gasteiger partial charge in [0.1, 0.15) is 0 Å². The van der Waals surface area contributed by atoms with Crippen molar-refractivity contribution in [2.75, 3.05) is 25.0 Å². The number of rotatable bonds is 2. The van der Waals surface area contributed by atoms with E-state index in [9.17, 15) is 14.7 Å². The number of morpholine rings is 1. The highest BCUT2D eigenvalue weighted by Gasteiger charge is 2.22. The molecular weight excluding hydrogens is 272 g/mol. The maximum Gasteiger partial charge on any atom is 0.336 e. The van der Waals surface area contributed by atoms with E-state index in [4.69, 9.17) is 4.74 Å². The summed E-state index contributed by atoms with van der Waals surface area (Å²) in [6.07, 6.45) is 0.0128. The van der Waals surface area contributed by atoms with Gasteiger partial charge in [0, 0.05) is 18.8 Å². The molecule has 21 heavy (non-hydrogen) atoms. The Kier molecular flexibility index (Phi) is 4.47. The summed E-state index contributed by atoms with van der Waals surface area (Å²) in [7, 11) is 0. The van der Waals surface area contributed by atoms with Crippen molar-refractivity contribution in [3.63, 3.8) is 0 Å². The lowest BCUT2D eigenvalue weighted by molar-refractivity contribution is -0.00138. The van der Waals surface area contributed by atoms with Crippen molar-refractivity contribution >= 4 is 17.7 Å². The average molecular weight is 292 g/mol. The van der Waals surface area contributed by atoms with E-state index in [1.807, 2.05) is 13.8 Å². The van der Waals surface area contributed by atoms with Crippen LogP contribution < -0.4 is 5.32 Å². The van der Waals surface area contributed by atoms with Gasteiger partial charge in [-0.05, 0) is 44.0 Å². The van der Waals surface area contributed by atoms with Gasteiger partial charge in [-0.15, -0.1) is 0 Å². The highest BCUT2D eigenvalue weighted by atomic mass is 16.5. The molecule has 0 spiro atoms. The zero-order valence-corrected chi connectivity index (χ0v) is 12.5. The van der Waals surface area contributed by atoms with Crippen LogP contribution in [0, 0.1) is 13.8 Å². The van der Waals surface area contributed by atoms with Crippen LogP contribution in [0.15, 0.2) is 12.1 Å². The predicted octanol–water partition coefficient (Wildman–Crippen LogP) is 2.25. The Morgan fingerprint density at radius 2 is 2.10 bits per heavy atom. The van der Waals surface area contributed by atoms with Crippen LogP contribution in [0.3, 0.4) is 0 Å². The monoisotopic (exact) mass is 292 g/mol. The molecule has 1 atom stereocenters. The summed E-state index contributed by atoms with van der Waals surface area (Å²) in [5.74, 6) is -0.994. The molecule has 1 aromatic rings.